The van der Waals surface area contributed by atoms with Gasteiger partial charge >= 0.3 is 0 Å². The predicted octanol–water partition coefficient (Wildman–Crippen LogP) is 7.39. The molecule has 6 heterocycles. The fourth-order valence-electron chi connectivity index (χ4n) is 7.43. The molecule has 14 nitrogen and oxygen atoms in total. The maximum absolute atomic E-state index is 13.0. The topological polar surface area (TPSA) is 221 Å². The number of nitriles is 2. The SMILES string of the molecule is CCc1c(-c2cnccc2C)nc(NCc2ccncc2-c2nc(N)c3cnc(NC(=O)[C@H]4C[C@@H]4CC#N)cc3c2Cl)c2cnc(NC(=O)[C@H]3C[C@@H]3CC#N)cc12. The fourth-order valence-corrected chi connectivity index (χ4v) is 7.73. The van der Waals surface area contributed by atoms with E-state index in [-0.39, 0.29) is 47.8 Å². The quantitative estimate of drug-likeness (QED) is 0.0955. The number of carbonyl (C=O) groups excluding carboxylic acids is 2. The van der Waals surface area contributed by atoms with E-state index in [1.165, 1.54) is 6.20 Å². The first-order chi connectivity index (χ1) is 27.7. The third kappa shape index (κ3) is 7.35. The Hall–Kier alpha value is -6.77. The van der Waals surface area contributed by atoms with E-state index in [2.05, 4.69) is 59.9 Å². The maximum Gasteiger partial charge on any atom is 0.228 e. The van der Waals surface area contributed by atoms with Crippen LogP contribution in [0.5, 0.6) is 0 Å². The summed E-state index contributed by atoms with van der Waals surface area (Å²) in [5.74, 6) is 0.939. The van der Waals surface area contributed by atoms with Gasteiger partial charge in [0.2, 0.25) is 11.8 Å². The molecule has 5 N–H and O–H groups in total. The zero-order valence-corrected chi connectivity index (χ0v) is 31.9. The van der Waals surface area contributed by atoms with E-state index in [4.69, 9.17) is 32.8 Å². The molecule has 8 rings (SSSR count). The fraction of sp³-hybridized carbons (Fsp3) is 0.286. The lowest BCUT2D eigenvalue weighted by Crippen LogP contribution is -2.16. The highest BCUT2D eigenvalue weighted by Crippen LogP contribution is 2.43. The Labute approximate surface area is 333 Å². The van der Waals surface area contributed by atoms with Crippen molar-refractivity contribution in [2.75, 3.05) is 21.7 Å². The van der Waals surface area contributed by atoms with Crippen molar-refractivity contribution in [3.05, 3.63) is 83.2 Å². The van der Waals surface area contributed by atoms with E-state index in [0.717, 1.165) is 38.7 Å². The number of nitrogen functional groups attached to an aromatic ring is 1. The van der Waals surface area contributed by atoms with Crippen molar-refractivity contribution in [3.8, 4) is 34.7 Å². The Balaban J connectivity index is 1.13. The number of rotatable bonds is 12. The van der Waals surface area contributed by atoms with E-state index in [9.17, 15) is 9.59 Å². The van der Waals surface area contributed by atoms with Crippen LogP contribution in [0.25, 0.3) is 44.1 Å². The lowest BCUT2D eigenvalue weighted by atomic mass is 9.97. The molecule has 2 saturated carbocycles. The van der Waals surface area contributed by atoms with Gasteiger partial charge in [-0.15, -0.1) is 0 Å². The molecular formula is C42H37ClN12O2. The standard InChI is InChI=1S/C42H37ClN12O2/c1-3-25-28-14-34(52-41(56)26-12-22(26)4-8-44)50-20-33(28)40(55-37(25)30-17-47-10-6-21(30)2)51-16-24-7-11-48-18-31(24)38-36(43)29-15-35(49-19-32(29)39(46)54-38)53-42(57)27-13-23(27)5-9-45/h6-7,10-11,14-15,17-20,22-23,26-27H,3-5,12-13,16H2,1-2H3,(H2,46,54)(H,51,55)(H,49,53,57)(H,50,52,56)/t22-,23-,26-,27-/m0/s1. The number of aromatic nitrogens is 6. The van der Waals surface area contributed by atoms with Crippen LogP contribution in [0.4, 0.5) is 23.3 Å². The minimum absolute atomic E-state index is 0.0602. The van der Waals surface area contributed by atoms with Crippen LogP contribution >= 0.6 is 11.6 Å². The lowest BCUT2D eigenvalue weighted by Gasteiger charge is -2.19. The van der Waals surface area contributed by atoms with Gasteiger partial charge in [-0.2, -0.15) is 10.5 Å². The summed E-state index contributed by atoms with van der Waals surface area (Å²) >= 11 is 7.08. The Morgan fingerprint density at radius 3 is 2.07 bits per heavy atom. The van der Waals surface area contributed by atoms with Crippen molar-refractivity contribution in [1.82, 2.24) is 29.9 Å². The number of aryl methyl sites for hydroxylation is 2. The summed E-state index contributed by atoms with van der Waals surface area (Å²) in [5, 5.41) is 30.5. The number of pyridine rings is 6. The van der Waals surface area contributed by atoms with E-state index in [1.54, 1.807) is 37.1 Å². The molecule has 2 aliphatic rings. The molecule has 57 heavy (non-hydrogen) atoms. The monoisotopic (exact) mass is 776 g/mol. The number of nitrogens with one attached hydrogen (secondary N) is 3. The lowest BCUT2D eigenvalue weighted by molar-refractivity contribution is -0.118. The molecule has 4 atom stereocenters. The number of nitrogens with zero attached hydrogens (tertiary/aromatic N) is 8. The largest absolute Gasteiger partial charge is 0.383 e. The molecule has 6 aromatic rings. The molecule has 2 amide bonds. The van der Waals surface area contributed by atoms with Crippen molar-refractivity contribution < 1.29 is 9.59 Å². The minimum Gasteiger partial charge on any atom is -0.383 e. The summed E-state index contributed by atoms with van der Waals surface area (Å²) in [7, 11) is 0. The third-order valence-electron chi connectivity index (χ3n) is 10.8. The molecule has 0 unspecified atom stereocenters. The van der Waals surface area contributed by atoms with Gasteiger partial charge < -0.3 is 21.7 Å². The number of halogens is 1. The number of hydrogen-bond acceptors (Lipinski definition) is 12. The Morgan fingerprint density at radius 1 is 0.825 bits per heavy atom. The second kappa shape index (κ2) is 15.4. The highest BCUT2D eigenvalue weighted by Gasteiger charge is 2.43. The summed E-state index contributed by atoms with van der Waals surface area (Å²) in [5.41, 5.74) is 12.0. The number of amides is 2. The van der Waals surface area contributed by atoms with Crippen LogP contribution < -0.4 is 21.7 Å². The number of fused-ring (bicyclic) bond motifs is 2. The summed E-state index contributed by atoms with van der Waals surface area (Å²) in [6.45, 7) is 4.37. The van der Waals surface area contributed by atoms with Gasteiger partial charge in [-0.05, 0) is 84.4 Å². The molecule has 2 fully saturated rings. The normalized spacial score (nSPS) is 18.1. The molecule has 0 radical (unpaired) electrons. The van der Waals surface area contributed by atoms with Crippen LogP contribution in [0, 0.1) is 53.3 Å². The first-order valence-corrected chi connectivity index (χ1v) is 19.1. The van der Waals surface area contributed by atoms with Crippen molar-refractivity contribution in [3.63, 3.8) is 0 Å². The highest BCUT2D eigenvalue weighted by molar-refractivity contribution is 6.38. The number of hydrogen-bond donors (Lipinski definition) is 4. The maximum atomic E-state index is 13.0. The summed E-state index contributed by atoms with van der Waals surface area (Å²) in [4.78, 5) is 53.5. The first kappa shape index (κ1) is 37.2. The second-order valence-corrected chi connectivity index (χ2v) is 14.9. The molecule has 284 valence electrons. The number of nitrogens with two attached hydrogens (primary N) is 1. The van der Waals surface area contributed by atoms with Gasteiger partial charge in [-0.25, -0.2) is 19.9 Å². The highest BCUT2D eigenvalue weighted by atomic mass is 35.5. The summed E-state index contributed by atoms with van der Waals surface area (Å²) < 4.78 is 0. The Morgan fingerprint density at radius 2 is 1.44 bits per heavy atom. The third-order valence-corrected chi connectivity index (χ3v) is 11.2. The van der Waals surface area contributed by atoms with Gasteiger partial charge in [0.15, 0.2) is 0 Å². The molecule has 2 aliphatic carbocycles. The predicted molar refractivity (Wildman–Crippen MR) is 217 cm³/mol. The number of anilines is 4. The van der Waals surface area contributed by atoms with E-state index in [0.29, 0.717) is 76.6 Å². The van der Waals surface area contributed by atoms with Gasteiger partial charge in [0, 0.05) is 95.7 Å². The van der Waals surface area contributed by atoms with Crippen LogP contribution in [-0.4, -0.2) is 41.7 Å². The summed E-state index contributed by atoms with van der Waals surface area (Å²) in [6.07, 6.45) is 12.9. The molecule has 15 heteroatoms. The van der Waals surface area contributed by atoms with Crippen LogP contribution in [0.15, 0.2) is 61.4 Å². The minimum atomic E-state index is -0.217. The van der Waals surface area contributed by atoms with E-state index < -0.39 is 0 Å². The Kier molecular flexibility index (Phi) is 10.0. The van der Waals surface area contributed by atoms with Crippen LogP contribution in [0.2, 0.25) is 5.02 Å². The van der Waals surface area contributed by atoms with Gasteiger partial charge in [0.25, 0.3) is 0 Å². The van der Waals surface area contributed by atoms with Crippen molar-refractivity contribution in [2.24, 2.45) is 23.7 Å². The van der Waals surface area contributed by atoms with Crippen molar-refractivity contribution in [1.29, 1.82) is 10.5 Å². The van der Waals surface area contributed by atoms with Gasteiger partial charge in [-0.1, -0.05) is 18.5 Å². The molecule has 6 aromatic heterocycles. The average Bonchev–Trinajstić information content (AvgIpc) is 4.15. The van der Waals surface area contributed by atoms with Crippen molar-refractivity contribution in [2.45, 2.75) is 52.5 Å². The molecule has 0 saturated heterocycles. The zero-order chi connectivity index (χ0) is 39.8. The van der Waals surface area contributed by atoms with E-state index in [1.807, 2.05) is 25.1 Å². The van der Waals surface area contributed by atoms with Crippen molar-refractivity contribution >= 4 is 68.2 Å². The number of carbonyl (C=O) groups is 2. The van der Waals surface area contributed by atoms with Gasteiger partial charge in [-0.3, -0.25) is 19.6 Å². The molecule has 0 spiro atoms. The molecular weight excluding hydrogens is 740 g/mol. The molecule has 0 bridgehead atoms. The molecule has 0 aromatic carbocycles. The molecule has 0 aliphatic heterocycles. The second-order valence-electron chi connectivity index (χ2n) is 14.5. The Bertz CT molecular complexity index is 2690. The summed E-state index contributed by atoms with van der Waals surface area (Å²) in [6, 6.07) is 11.7. The average molecular weight is 777 g/mol. The van der Waals surface area contributed by atoms with E-state index >= 15 is 0 Å². The zero-order valence-electron chi connectivity index (χ0n) is 31.2. The smallest absolute Gasteiger partial charge is 0.228 e. The van der Waals surface area contributed by atoms with Gasteiger partial charge in [0.05, 0.1) is 28.5 Å². The first-order valence-electron chi connectivity index (χ1n) is 18.7. The van der Waals surface area contributed by atoms with Crippen LogP contribution in [-0.2, 0) is 22.6 Å². The van der Waals surface area contributed by atoms with Gasteiger partial charge in [0.1, 0.15) is 23.3 Å². The van der Waals surface area contributed by atoms with Crippen LogP contribution in [0.1, 0.15) is 49.3 Å². The van der Waals surface area contributed by atoms with Crippen LogP contribution in [0.3, 0.4) is 0 Å².